The second kappa shape index (κ2) is 14.3. The number of hydrogen-bond donors (Lipinski definition) is 3. The summed E-state index contributed by atoms with van der Waals surface area (Å²) in [6.07, 6.45) is 0. The van der Waals surface area contributed by atoms with E-state index in [1.54, 1.807) is 0 Å². The van der Waals surface area contributed by atoms with Crippen molar-refractivity contribution in [3.05, 3.63) is 70.8 Å². The van der Waals surface area contributed by atoms with Gasteiger partial charge in [0.1, 0.15) is 0 Å². The topological polar surface area (TPSA) is 138 Å². The second-order valence-electron chi connectivity index (χ2n) is 7.79. The van der Waals surface area contributed by atoms with Crippen molar-refractivity contribution >= 4 is 23.9 Å². The third-order valence-electron chi connectivity index (χ3n) is 3.29. The summed E-state index contributed by atoms with van der Waals surface area (Å²) >= 11 is 0. The molecule has 0 amide bonds. The standard InChI is InChI=1S/C12H14O4.C8H6O4.C4H10/c1-8(2)7-16-12(15)10-5-3-9(4-6-10)11(13)14;9-7(10)5-1-2-6(4-3-5)8(11)12;1-4(2)3/h3-6,8H,7H2,1-2H3,(H,13,14);1-4H,(H,9,10)(H,11,12);4H,1-3H3. The summed E-state index contributed by atoms with van der Waals surface area (Å²) in [5, 5.41) is 25.6. The maximum absolute atomic E-state index is 11.5. The highest BCUT2D eigenvalue weighted by atomic mass is 16.5. The van der Waals surface area contributed by atoms with E-state index in [0.29, 0.717) is 12.2 Å². The van der Waals surface area contributed by atoms with E-state index in [2.05, 4.69) is 20.8 Å². The number of rotatable bonds is 6. The van der Waals surface area contributed by atoms with Gasteiger partial charge in [0.2, 0.25) is 0 Å². The van der Waals surface area contributed by atoms with Crippen LogP contribution < -0.4 is 0 Å². The molecule has 0 unspecified atom stereocenters. The number of carboxylic acid groups (broad SMARTS) is 3. The lowest BCUT2D eigenvalue weighted by atomic mass is 10.1. The zero-order chi connectivity index (χ0) is 24.8. The van der Waals surface area contributed by atoms with E-state index in [-0.39, 0.29) is 22.6 Å². The molecule has 0 aromatic heterocycles. The number of carbonyl (C=O) groups excluding carboxylic acids is 1. The third kappa shape index (κ3) is 12.1. The van der Waals surface area contributed by atoms with Crippen LogP contribution in [0, 0.1) is 11.8 Å². The molecule has 2 aromatic carbocycles. The molecule has 0 radical (unpaired) electrons. The molecule has 0 fully saturated rings. The van der Waals surface area contributed by atoms with E-state index in [1.807, 2.05) is 13.8 Å². The molecule has 0 saturated carbocycles. The van der Waals surface area contributed by atoms with Crippen LogP contribution in [0.25, 0.3) is 0 Å². The highest BCUT2D eigenvalue weighted by Gasteiger charge is 2.09. The first-order chi connectivity index (χ1) is 14.8. The van der Waals surface area contributed by atoms with Gasteiger partial charge in [0.15, 0.2) is 0 Å². The minimum absolute atomic E-state index is 0.0833. The van der Waals surface area contributed by atoms with E-state index in [9.17, 15) is 19.2 Å². The Hall–Kier alpha value is -3.68. The van der Waals surface area contributed by atoms with E-state index in [0.717, 1.165) is 5.92 Å². The van der Waals surface area contributed by atoms with Crippen LogP contribution >= 0.6 is 0 Å². The number of aromatic carboxylic acids is 3. The lowest BCUT2D eigenvalue weighted by Gasteiger charge is -2.06. The zero-order valence-electron chi connectivity index (χ0n) is 18.9. The van der Waals surface area contributed by atoms with Gasteiger partial charge >= 0.3 is 23.9 Å². The van der Waals surface area contributed by atoms with Crippen molar-refractivity contribution in [1.29, 1.82) is 0 Å². The van der Waals surface area contributed by atoms with Crippen molar-refractivity contribution in [3.63, 3.8) is 0 Å². The first-order valence-corrected chi connectivity index (χ1v) is 9.92. The average molecular weight is 446 g/mol. The van der Waals surface area contributed by atoms with Crippen LogP contribution in [-0.2, 0) is 4.74 Å². The first-order valence-electron chi connectivity index (χ1n) is 9.92. The number of carboxylic acids is 3. The Morgan fingerprint density at radius 3 is 1.09 bits per heavy atom. The van der Waals surface area contributed by atoms with Crippen LogP contribution in [0.4, 0.5) is 0 Å². The molecule has 8 nitrogen and oxygen atoms in total. The highest BCUT2D eigenvalue weighted by Crippen LogP contribution is 2.07. The average Bonchev–Trinajstić information content (AvgIpc) is 2.72. The van der Waals surface area contributed by atoms with Crippen molar-refractivity contribution in [3.8, 4) is 0 Å². The van der Waals surface area contributed by atoms with Gasteiger partial charge in [-0.1, -0.05) is 34.6 Å². The van der Waals surface area contributed by atoms with Crippen LogP contribution in [0.1, 0.15) is 76.1 Å². The van der Waals surface area contributed by atoms with E-state index < -0.39 is 23.9 Å². The third-order valence-corrected chi connectivity index (χ3v) is 3.29. The molecule has 32 heavy (non-hydrogen) atoms. The molecule has 2 rings (SSSR count). The predicted molar refractivity (Wildman–Crippen MR) is 119 cm³/mol. The SMILES string of the molecule is CC(C)C.CC(C)COC(=O)c1ccc(C(=O)O)cc1.O=C(O)c1ccc(C(=O)O)cc1. The molecule has 0 aliphatic rings. The van der Waals surface area contributed by atoms with Crippen molar-refractivity contribution in [1.82, 2.24) is 0 Å². The Kier molecular flexibility index (Phi) is 12.7. The zero-order valence-corrected chi connectivity index (χ0v) is 18.9. The smallest absolute Gasteiger partial charge is 0.338 e. The monoisotopic (exact) mass is 446 g/mol. The molecule has 0 heterocycles. The lowest BCUT2D eigenvalue weighted by molar-refractivity contribution is 0.0457. The van der Waals surface area contributed by atoms with E-state index in [1.165, 1.54) is 48.5 Å². The van der Waals surface area contributed by atoms with Crippen molar-refractivity contribution in [2.24, 2.45) is 11.8 Å². The molecule has 174 valence electrons. The summed E-state index contributed by atoms with van der Waals surface area (Å²) in [6.45, 7) is 10.8. The fourth-order valence-electron chi connectivity index (χ4n) is 1.83. The first kappa shape index (κ1) is 28.3. The molecule has 3 N–H and O–H groups in total. The van der Waals surface area contributed by atoms with Gasteiger partial charge in [-0.15, -0.1) is 0 Å². The Labute approximate surface area is 187 Å². The van der Waals surface area contributed by atoms with Crippen molar-refractivity contribution in [2.75, 3.05) is 6.61 Å². The molecule has 0 atom stereocenters. The normalized spacial score (nSPS) is 9.72. The second-order valence-corrected chi connectivity index (χ2v) is 7.79. The minimum atomic E-state index is -1.06. The summed E-state index contributed by atoms with van der Waals surface area (Å²) < 4.78 is 5.00. The highest BCUT2D eigenvalue weighted by molar-refractivity contribution is 5.93. The van der Waals surface area contributed by atoms with Gasteiger partial charge in [-0.05, 0) is 60.4 Å². The number of carbonyl (C=O) groups is 4. The van der Waals surface area contributed by atoms with Gasteiger partial charge in [0.05, 0.1) is 28.9 Å². The Balaban J connectivity index is 0.000000529. The molecular formula is C24H30O8. The fourth-order valence-corrected chi connectivity index (χ4v) is 1.83. The lowest BCUT2D eigenvalue weighted by Crippen LogP contribution is -2.10. The van der Waals surface area contributed by atoms with Crippen LogP contribution in [-0.4, -0.2) is 45.8 Å². The van der Waals surface area contributed by atoms with Crippen molar-refractivity contribution in [2.45, 2.75) is 34.6 Å². The van der Waals surface area contributed by atoms with Crippen LogP contribution in [0.15, 0.2) is 48.5 Å². The van der Waals surface area contributed by atoms with Gasteiger partial charge in [-0.2, -0.15) is 0 Å². The Bertz CT molecular complexity index is 845. The van der Waals surface area contributed by atoms with E-state index in [4.69, 9.17) is 20.1 Å². The largest absolute Gasteiger partial charge is 0.478 e. The van der Waals surface area contributed by atoms with Gasteiger partial charge in [-0.3, -0.25) is 0 Å². The molecule has 0 aliphatic heterocycles. The summed E-state index contributed by atoms with van der Waals surface area (Å²) in [5.74, 6) is -2.45. The minimum Gasteiger partial charge on any atom is -0.478 e. The summed E-state index contributed by atoms with van der Waals surface area (Å²) in [4.78, 5) is 42.7. The molecule has 0 spiro atoms. The maximum atomic E-state index is 11.5. The molecular weight excluding hydrogens is 416 g/mol. The number of ether oxygens (including phenoxy) is 1. The molecule has 0 bridgehead atoms. The van der Waals surface area contributed by atoms with Gasteiger partial charge in [0.25, 0.3) is 0 Å². The van der Waals surface area contributed by atoms with Gasteiger partial charge < -0.3 is 20.1 Å². The molecule has 2 aromatic rings. The number of esters is 1. The molecule has 8 heteroatoms. The van der Waals surface area contributed by atoms with Crippen LogP contribution in [0.5, 0.6) is 0 Å². The van der Waals surface area contributed by atoms with E-state index >= 15 is 0 Å². The van der Waals surface area contributed by atoms with Crippen LogP contribution in [0.3, 0.4) is 0 Å². The molecule has 0 saturated heterocycles. The quantitative estimate of drug-likeness (QED) is 0.530. The summed E-state index contributed by atoms with van der Waals surface area (Å²) in [7, 11) is 0. The van der Waals surface area contributed by atoms with Gasteiger partial charge in [0, 0.05) is 0 Å². The predicted octanol–water partition coefficient (Wildman–Crippen LogP) is 4.94. The Morgan fingerprint density at radius 1 is 0.625 bits per heavy atom. The summed E-state index contributed by atoms with van der Waals surface area (Å²) in [6, 6.07) is 10.7. The molecule has 0 aliphatic carbocycles. The Morgan fingerprint density at radius 2 is 0.875 bits per heavy atom. The number of benzene rings is 2. The van der Waals surface area contributed by atoms with Crippen molar-refractivity contribution < 1.29 is 39.2 Å². The number of hydrogen-bond acceptors (Lipinski definition) is 5. The maximum Gasteiger partial charge on any atom is 0.338 e. The fraction of sp³-hybridized carbons (Fsp3) is 0.333. The summed E-state index contributed by atoms with van der Waals surface area (Å²) in [5.41, 5.74) is 0.686. The van der Waals surface area contributed by atoms with Crippen LogP contribution in [0.2, 0.25) is 0 Å². The van der Waals surface area contributed by atoms with Gasteiger partial charge in [-0.25, -0.2) is 19.2 Å².